The van der Waals surface area contributed by atoms with Gasteiger partial charge < -0.3 is 10.1 Å². The highest BCUT2D eigenvalue weighted by Gasteiger charge is 2.20. The molecule has 0 saturated carbocycles. The molecule has 2 heterocycles. The predicted molar refractivity (Wildman–Crippen MR) is 117 cm³/mol. The van der Waals surface area contributed by atoms with Crippen LogP contribution in [0.4, 0.5) is 5.69 Å². The number of anilines is 1. The number of carbonyl (C=O) groups is 2. The number of benzene rings is 1. The van der Waals surface area contributed by atoms with E-state index in [9.17, 15) is 9.59 Å². The number of rotatable bonds is 6. The molecule has 0 unspecified atom stereocenters. The Kier molecular flexibility index (Phi) is 6.20. The number of hydrogen-bond donors (Lipinski definition) is 1. The lowest BCUT2D eigenvalue weighted by Gasteiger charge is -2.12. The summed E-state index contributed by atoms with van der Waals surface area (Å²) in [6, 6.07) is 7.47. The normalized spacial score (nSPS) is 11.3. The van der Waals surface area contributed by atoms with Gasteiger partial charge in [-0.2, -0.15) is 5.10 Å². The number of pyridine rings is 1. The zero-order valence-electron chi connectivity index (χ0n) is 18.3. The number of fused-ring (bicyclic) bond motifs is 1. The van der Waals surface area contributed by atoms with Gasteiger partial charge in [0.05, 0.1) is 17.1 Å². The van der Waals surface area contributed by atoms with E-state index in [4.69, 9.17) is 4.74 Å². The number of esters is 1. The van der Waals surface area contributed by atoms with Crippen molar-refractivity contribution in [3.63, 3.8) is 0 Å². The molecule has 1 aromatic carbocycles. The van der Waals surface area contributed by atoms with Gasteiger partial charge in [-0.1, -0.05) is 19.9 Å². The average Bonchev–Trinajstić information content (AvgIpc) is 3.12. The third kappa shape index (κ3) is 4.50. The number of nitrogens with one attached hydrogen (secondary N) is 1. The lowest BCUT2D eigenvalue weighted by atomic mass is 10.1. The van der Waals surface area contributed by atoms with Crippen molar-refractivity contribution in [2.75, 3.05) is 11.9 Å². The van der Waals surface area contributed by atoms with Gasteiger partial charge in [0, 0.05) is 17.4 Å². The van der Waals surface area contributed by atoms with Crippen molar-refractivity contribution >= 4 is 28.6 Å². The standard InChI is InChI=1S/C23H28N4O3/c1-13(2)20-10-18(19-11-24-27(14(3)4)22(19)26-20)23(29)30-12-21(28)25-17-8-7-15(5)16(6)9-17/h7-11,13-14H,12H2,1-6H3,(H,25,28). The smallest absolute Gasteiger partial charge is 0.339 e. The van der Waals surface area contributed by atoms with Gasteiger partial charge in [0.15, 0.2) is 12.3 Å². The molecule has 0 saturated heterocycles. The topological polar surface area (TPSA) is 86.1 Å². The van der Waals surface area contributed by atoms with Crippen LogP contribution >= 0.6 is 0 Å². The molecule has 7 heteroatoms. The highest BCUT2D eigenvalue weighted by Crippen LogP contribution is 2.25. The molecule has 0 aliphatic carbocycles. The van der Waals surface area contributed by atoms with E-state index in [0.717, 1.165) is 16.8 Å². The Hall–Kier alpha value is -3.22. The Morgan fingerprint density at radius 3 is 2.47 bits per heavy atom. The highest BCUT2D eigenvalue weighted by molar-refractivity contribution is 6.03. The van der Waals surface area contributed by atoms with Crippen molar-refractivity contribution in [1.82, 2.24) is 14.8 Å². The van der Waals surface area contributed by atoms with Crippen molar-refractivity contribution in [1.29, 1.82) is 0 Å². The van der Waals surface area contributed by atoms with E-state index in [1.807, 2.05) is 59.7 Å². The second-order valence-corrected chi connectivity index (χ2v) is 8.09. The minimum absolute atomic E-state index is 0.102. The van der Waals surface area contributed by atoms with Crippen LogP contribution in [0.2, 0.25) is 0 Å². The number of hydrogen-bond acceptors (Lipinski definition) is 5. The van der Waals surface area contributed by atoms with Crippen molar-refractivity contribution < 1.29 is 14.3 Å². The van der Waals surface area contributed by atoms with Gasteiger partial charge in [0.2, 0.25) is 0 Å². The van der Waals surface area contributed by atoms with E-state index in [1.54, 1.807) is 16.9 Å². The van der Waals surface area contributed by atoms with Crippen LogP contribution in [-0.2, 0) is 9.53 Å². The zero-order chi connectivity index (χ0) is 22.0. The van der Waals surface area contributed by atoms with E-state index in [-0.39, 0.29) is 24.5 Å². The Bertz CT molecular complexity index is 1100. The fourth-order valence-corrected chi connectivity index (χ4v) is 3.11. The Balaban J connectivity index is 1.79. The van der Waals surface area contributed by atoms with Gasteiger partial charge in [-0.05, 0) is 62.9 Å². The first-order valence-corrected chi connectivity index (χ1v) is 10.1. The molecule has 0 atom stereocenters. The monoisotopic (exact) mass is 408 g/mol. The van der Waals surface area contributed by atoms with E-state index >= 15 is 0 Å². The molecule has 1 amide bonds. The minimum Gasteiger partial charge on any atom is -0.452 e. The summed E-state index contributed by atoms with van der Waals surface area (Å²) < 4.78 is 7.10. The van der Waals surface area contributed by atoms with Crippen molar-refractivity contribution in [3.05, 3.63) is 52.8 Å². The molecule has 0 bridgehead atoms. The zero-order valence-corrected chi connectivity index (χ0v) is 18.3. The SMILES string of the molecule is Cc1ccc(NC(=O)COC(=O)c2cc(C(C)C)nc3c2cnn3C(C)C)cc1C. The van der Waals surface area contributed by atoms with Crippen molar-refractivity contribution in [2.24, 2.45) is 0 Å². The van der Waals surface area contributed by atoms with Crippen LogP contribution in [0.25, 0.3) is 11.0 Å². The summed E-state index contributed by atoms with van der Waals surface area (Å²) in [4.78, 5) is 29.7. The van der Waals surface area contributed by atoms with Crippen LogP contribution in [0.5, 0.6) is 0 Å². The van der Waals surface area contributed by atoms with E-state index < -0.39 is 5.97 Å². The number of aryl methyl sites for hydroxylation is 2. The van der Waals surface area contributed by atoms with Crippen molar-refractivity contribution in [3.8, 4) is 0 Å². The number of carbonyl (C=O) groups excluding carboxylic acids is 2. The van der Waals surface area contributed by atoms with E-state index in [0.29, 0.717) is 22.3 Å². The van der Waals surface area contributed by atoms with Crippen LogP contribution in [0, 0.1) is 13.8 Å². The molecule has 0 aliphatic heterocycles. The second kappa shape index (κ2) is 8.65. The molecule has 0 fully saturated rings. The first-order valence-electron chi connectivity index (χ1n) is 10.1. The lowest BCUT2D eigenvalue weighted by Crippen LogP contribution is -2.21. The van der Waals surface area contributed by atoms with Gasteiger partial charge in [-0.25, -0.2) is 14.5 Å². The number of ether oxygens (including phenoxy) is 1. The summed E-state index contributed by atoms with van der Waals surface area (Å²) in [5, 5.41) is 7.75. The maximum absolute atomic E-state index is 12.8. The van der Waals surface area contributed by atoms with Crippen LogP contribution in [0.15, 0.2) is 30.5 Å². The summed E-state index contributed by atoms with van der Waals surface area (Å²) in [6.45, 7) is 11.6. The number of nitrogens with zero attached hydrogens (tertiary/aromatic N) is 3. The number of aromatic nitrogens is 3. The van der Waals surface area contributed by atoms with Crippen LogP contribution in [0.3, 0.4) is 0 Å². The summed E-state index contributed by atoms with van der Waals surface area (Å²) >= 11 is 0. The molecule has 3 aromatic rings. The van der Waals surface area contributed by atoms with Crippen LogP contribution < -0.4 is 5.32 Å². The molecule has 0 aliphatic rings. The second-order valence-electron chi connectivity index (χ2n) is 8.09. The fraction of sp³-hybridized carbons (Fsp3) is 0.391. The lowest BCUT2D eigenvalue weighted by molar-refractivity contribution is -0.119. The first kappa shape index (κ1) is 21.5. The average molecular weight is 409 g/mol. The van der Waals surface area contributed by atoms with E-state index in [2.05, 4.69) is 15.4 Å². The Morgan fingerprint density at radius 2 is 1.83 bits per heavy atom. The maximum Gasteiger partial charge on any atom is 0.339 e. The summed E-state index contributed by atoms with van der Waals surface area (Å²) in [7, 11) is 0. The molecule has 3 rings (SSSR count). The predicted octanol–water partition coefficient (Wildman–Crippen LogP) is 4.55. The van der Waals surface area contributed by atoms with Gasteiger partial charge in [-0.15, -0.1) is 0 Å². The quantitative estimate of drug-likeness (QED) is 0.605. The van der Waals surface area contributed by atoms with Gasteiger partial charge in [0.1, 0.15) is 0 Å². The number of amides is 1. The van der Waals surface area contributed by atoms with Crippen LogP contribution in [-0.4, -0.2) is 33.2 Å². The molecule has 158 valence electrons. The molecule has 0 radical (unpaired) electrons. The Labute approximate surface area is 176 Å². The largest absolute Gasteiger partial charge is 0.452 e. The Morgan fingerprint density at radius 1 is 1.10 bits per heavy atom. The third-order valence-corrected chi connectivity index (χ3v) is 5.01. The summed E-state index contributed by atoms with van der Waals surface area (Å²) in [6.07, 6.45) is 1.62. The molecule has 30 heavy (non-hydrogen) atoms. The van der Waals surface area contributed by atoms with Crippen LogP contribution in [0.1, 0.15) is 66.8 Å². The third-order valence-electron chi connectivity index (χ3n) is 5.01. The highest BCUT2D eigenvalue weighted by atomic mass is 16.5. The molecular formula is C23H28N4O3. The molecule has 7 nitrogen and oxygen atoms in total. The van der Waals surface area contributed by atoms with Gasteiger partial charge in [-0.3, -0.25) is 4.79 Å². The molecule has 2 aromatic heterocycles. The maximum atomic E-state index is 12.8. The van der Waals surface area contributed by atoms with E-state index in [1.165, 1.54) is 0 Å². The summed E-state index contributed by atoms with van der Waals surface area (Å²) in [5.74, 6) is -0.828. The molecule has 1 N–H and O–H groups in total. The molecular weight excluding hydrogens is 380 g/mol. The molecule has 0 spiro atoms. The van der Waals surface area contributed by atoms with Gasteiger partial charge in [0.25, 0.3) is 5.91 Å². The minimum atomic E-state index is -0.567. The first-order chi connectivity index (χ1) is 14.2. The fourth-order valence-electron chi connectivity index (χ4n) is 3.11. The van der Waals surface area contributed by atoms with Crippen molar-refractivity contribution in [2.45, 2.75) is 53.5 Å². The van der Waals surface area contributed by atoms with Gasteiger partial charge >= 0.3 is 5.97 Å². The summed E-state index contributed by atoms with van der Waals surface area (Å²) in [5.41, 5.74) is 4.68.